The molecule has 0 heterocycles. The fourth-order valence-corrected chi connectivity index (χ4v) is 2.30. The molecule has 0 fully saturated rings. The van der Waals surface area contributed by atoms with Crippen molar-refractivity contribution in [2.24, 2.45) is 0 Å². The van der Waals surface area contributed by atoms with Gasteiger partial charge in [-0.1, -0.05) is 11.6 Å². The Morgan fingerprint density at radius 1 is 1.33 bits per heavy atom. The van der Waals surface area contributed by atoms with Crippen LogP contribution in [0.25, 0.3) is 0 Å². The molecular weight excluding hydrogens is 269 g/mol. The highest BCUT2D eigenvalue weighted by molar-refractivity contribution is 8.13. The number of aryl methyl sites for hydroxylation is 1. The van der Waals surface area contributed by atoms with Gasteiger partial charge in [0, 0.05) is 16.2 Å². The van der Waals surface area contributed by atoms with Crippen molar-refractivity contribution in [2.45, 2.75) is 12.7 Å². The third-order valence-corrected chi connectivity index (χ3v) is 2.98. The quantitative estimate of drug-likeness (QED) is 0.614. The molecule has 0 atom stereocenters. The predicted octanol–water partition coefficient (Wildman–Crippen LogP) is 3.00. The summed E-state index contributed by atoms with van der Waals surface area (Å²) in [5, 5.41) is -0.329. The molecule has 15 heavy (non-hydrogen) atoms. The summed E-state index contributed by atoms with van der Waals surface area (Å²) in [4.78, 5) is 0. The first-order valence-electron chi connectivity index (χ1n) is 3.77. The maximum atomic E-state index is 13.4. The summed E-state index contributed by atoms with van der Waals surface area (Å²) in [5.74, 6) is -2.96. The van der Waals surface area contributed by atoms with Gasteiger partial charge in [0.25, 0.3) is 0 Å². The molecule has 0 aliphatic heterocycles. The van der Waals surface area contributed by atoms with Crippen LogP contribution in [0.1, 0.15) is 11.1 Å². The van der Waals surface area contributed by atoms with Crippen molar-refractivity contribution in [3.05, 3.63) is 33.9 Å². The monoisotopic (exact) mass is 274 g/mol. The fraction of sp³-hybridized carbons (Fsp3) is 0.250. The maximum Gasteiger partial charge on any atom is 0.236 e. The van der Waals surface area contributed by atoms with Crippen molar-refractivity contribution in [1.82, 2.24) is 0 Å². The highest BCUT2D eigenvalue weighted by atomic mass is 35.7. The molecule has 7 heteroatoms. The first-order chi connectivity index (χ1) is 6.72. The fourth-order valence-electron chi connectivity index (χ4n) is 1.09. The Balaban J connectivity index is 3.40. The summed E-state index contributed by atoms with van der Waals surface area (Å²) in [6, 6.07) is 1.08. The van der Waals surface area contributed by atoms with Crippen molar-refractivity contribution in [2.75, 3.05) is 0 Å². The van der Waals surface area contributed by atoms with E-state index in [1.165, 1.54) is 6.92 Å². The number of hydrogen-bond acceptors (Lipinski definition) is 2. The van der Waals surface area contributed by atoms with Gasteiger partial charge < -0.3 is 0 Å². The van der Waals surface area contributed by atoms with Crippen LogP contribution in [0.15, 0.2) is 6.07 Å². The summed E-state index contributed by atoms with van der Waals surface area (Å²) < 4.78 is 48.1. The minimum absolute atomic E-state index is 0.0664. The Bertz CT molecular complexity index is 474. The van der Waals surface area contributed by atoms with E-state index in [0.717, 1.165) is 6.07 Å². The Labute approximate surface area is 95.2 Å². The molecule has 0 amide bonds. The standard InChI is InChI=1S/C8H6Cl2F2O2S/c1-4-2-6(9)8(12)5(7(4)11)3-15(10,13)14/h2H,3H2,1H3. The van der Waals surface area contributed by atoms with Gasteiger partial charge in [-0.25, -0.2) is 17.2 Å². The summed E-state index contributed by atoms with van der Waals surface area (Å²) >= 11 is 5.44. The Morgan fingerprint density at radius 3 is 2.33 bits per heavy atom. The average molecular weight is 275 g/mol. The molecule has 2 nitrogen and oxygen atoms in total. The van der Waals surface area contributed by atoms with Crippen molar-refractivity contribution >= 4 is 31.3 Å². The van der Waals surface area contributed by atoms with Gasteiger partial charge in [-0.05, 0) is 18.6 Å². The molecule has 0 radical (unpaired) electrons. The first-order valence-corrected chi connectivity index (χ1v) is 6.63. The van der Waals surface area contributed by atoms with Crippen molar-refractivity contribution < 1.29 is 17.2 Å². The smallest absolute Gasteiger partial charge is 0.212 e. The zero-order valence-electron chi connectivity index (χ0n) is 7.52. The Morgan fingerprint density at radius 2 is 1.87 bits per heavy atom. The second-order valence-electron chi connectivity index (χ2n) is 2.96. The van der Waals surface area contributed by atoms with E-state index in [1.807, 2.05) is 0 Å². The molecule has 1 aromatic rings. The van der Waals surface area contributed by atoms with Gasteiger partial charge in [-0.15, -0.1) is 0 Å². The molecule has 0 spiro atoms. The van der Waals surface area contributed by atoms with Crippen LogP contribution in [-0.2, 0) is 14.8 Å². The zero-order valence-corrected chi connectivity index (χ0v) is 9.85. The van der Waals surface area contributed by atoms with E-state index in [2.05, 4.69) is 0 Å². The average Bonchev–Trinajstić information content (AvgIpc) is 2.08. The third kappa shape index (κ3) is 3.03. The molecule has 0 saturated carbocycles. The third-order valence-electron chi connectivity index (χ3n) is 1.75. The minimum Gasteiger partial charge on any atom is -0.212 e. The van der Waals surface area contributed by atoms with Gasteiger partial charge in [-0.3, -0.25) is 0 Å². The molecule has 0 unspecified atom stereocenters. The number of benzene rings is 1. The normalized spacial score (nSPS) is 11.8. The van der Waals surface area contributed by atoms with Crippen LogP contribution in [0.4, 0.5) is 8.78 Å². The topological polar surface area (TPSA) is 34.1 Å². The van der Waals surface area contributed by atoms with Crippen LogP contribution in [0.3, 0.4) is 0 Å². The molecule has 0 bridgehead atoms. The molecule has 0 aliphatic carbocycles. The van der Waals surface area contributed by atoms with Gasteiger partial charge in [-0.2, -0.15) is 0 Å². The first kappa shape index (κ1) is 12.7. The van der Waals surface area contributed by atoms with Crippen molar-refractivity contribution in [3.8, 4) is 0 Å². The van der Waals surface area contributed by atoms with Crippen molar-refractivity contribution in [1.29, 1.82) is 0 Å². The van der Waals surface area contributed by atoms with E-state index in [9.17, 15) is 17.2 Å². The largest absolute Gasteiger partial charge is 0.236 e. The number of rotatable bonds is 2. The van der Waals surface area contributed by atoms with E-state index in [0.29, 0.717) is 0 Å². The van der Waals surface area contributed by atoms with E-state index in [4.69, 9.17) is 22.3 Å². The summed E-state index contributed by atoms with van der Waals surface area (Å²) in [6.45, 7) is 1.35. The van der Waals surface area contributed by atoms with Gasteiger partial charge in [0.1, 0.15) is 11.6 Å². The molecular formula is C8H6Cl2F2O2S. The lowest BCUT2D eigenvalue weighted by Crippen LogP contribution is -2.04. The summed E-state index contributed by atoms with van der Waals surface area (Å²) in [7, 11) is 0.890. The highest BCUT2D eigenvalue weighted by Gasteiger charge is 2.20. The second-order valence-corrected chi connectivity index (χ2v) is 6.15. The predicted molar refractivity (Wildman–Crippen MR) is 54.6 cm³/mol. The van der Waals surface area contributed by atoms with Crippen LogP contribution in [0.5, 0.6) is 0 Å². The molecule has 0 aromatic heterocycles. The zero-order chi connectivity index (χ0) is 11.8. The van der Waals surface area contributed by atoms with Crippen LogP contribution < -0.4 is 0 Å². The van der Waals surface area contributed by atoms with Crippen LogP contribution in [-0.4, -0.2) is 8.42 Å². The lowest BCUT2D eigenvalue weighted by molar-refractivity contribution is 0.554. The van der Waals surface area contributed by atoms with Crippen LogP contribution >= 0.6 is 22.3 Å². The lowest BCUT2D eigenvalue weighted by atomic mass is 10.1. The van der Waals surface area contributed by atoms with Crippen molar-refractivity contribution in [3.63, 3.8) is 0 Å². The minimum atomic E-state index is -4.02. The SMILES string of the molecule is Cc1cc(Cl)c(F)c(CS(=O)(=O)Cl)c1F. The van der Waals surface area contributed by atoms with Gasteiger partial charge in [0.05, 0.1) is 10.8 Å². The molecule has 1 aromatic carbocycles. The van der Waals surface area contributed by atoms with Gasteiger partial charge in [0.2, 0.25) is 9.05 Å². The summed E-state index contributed by atoms with van der Waals surface area (Å²) in [6.07, 6.45) is 0. The van der Waals surface area contributed by atoms with Gasteiger partial charge in [0.15, 0.2) is 0 Å². The maximum absolute atomic E-state index is 13.4. The molecule has 1 rings (SSSR count). The van der Waals surface area contributed by atoms with E-state index >= 15 is 0 Å². The summed E-state index contributed by atoms with van der Waals surface area (Å²) in [5.41, 5.74) is -0.563. The Kier molecular flexibility index (Phi) is 3.58. The second kappa shape index (κ2) is 4.23. The van der Waals surface area contributed by atoms with Crippen LogP contribution in [0.2, 0.25) is 5.02 Å². The van der Waals surface area contributed by atoms with E-state index < -0.39 is 32.0 Å². The lowest BCUT2D eigenvalue weighted by Gasteiger charge is -2.07. The number of halogens is 4. The molecule has 84 valence electrons. The highest BCUT2D eigenvalue weighted by Crippen LogP contribution is 2.26. The number of hydrogen-bond donors (Lipinski definition) is 0. The van der Waals surface area contributed by atoms with Crippen LogP contribution in [0, 0.1) is 18.6 Å². The molecule has 0 saturated heterocycles. The van der Waals surface area contributed by atoms with Gasteiger partial charge >= 0.3 is 0 Å². The molecule has 0 N–H and O–H groups in total. The Hall–Kier alpha value is -0.390. The molecule has 0 aliphatic rings. The van der Waals surface area contributed by atoms with E-state index in [1.54, 1.807) is 0 Å². The van der Waals surface area contributed by atoms with E-state index in [-0.39, 0.29) is 10.6 Å².